The lowest BCUT2D eigenvalue weighted by atomic mass is 10.3. The van der Waals surface area contributed by atoms with Crippen molar-refractivity contribution < 1.29 is 4.52 Å². The van der Waals surface area contributed by atoms with E-state index in [-0.39, 0.29) is 5.02 Å². The van der Waals surface area contributed by atoms with Gasteiger partial charge in [0, 0.05) is 6.20 Å². The van der Waals surface area contributed by atoms with E-state index in [2.05, 4.69) is 25.0 Å². The molecular formula is C9H6ClN5O. The van der Waals surface area contributed by atoms with Crippen LogP contribution in [0.1, 0.15) is 11.4 Å². The number of nitrogens with zero attached hydrogens (tertiary/aromatic N) is 4. The lowest BCUT2D eigenvalue weighted by Crippen LogP contribution is -2.03. The molecule has 0 atom stereocenters. The summed E-state index contributed by atoms with van der Waals surface area (Å²) in [6.07, 6.45) is 2.74. The molecule has 0 bridgehead atoms. The highest BCUT2D eigenvalue weighted by Gasteiger charge is 2.07. The van der Waals surface area contributed by atoms with Gasteiger partial charge in [-0.1, -0.05) is 16.8 Å². The van der Waals surface area contributed by atoms with Gasteiger partial charge in [-0.3, -0.25) is 0 Å². The van der Waals surface area contributed by atoms with Crippen molar-refractivity contribution in [2.45, 2.75) is 6.54 Å². The van der Waals surface area contributed by atoms with Gasteiger partial charge >= 0.3 is 0 Å². The van der Waals surface area contributed by atoms with E-state index in [0.29, 0.717) is 23.8 Å². The van der Waals surface area contributed by atoms with Gasteiger partial charge in [-0.15, -0.1) is 0 Å². The Morgan fingerprint density at radius 1 is 1.50 bits per heavy atom. The number of nitriles is 1. The highest BCUT2D eigenvalue weighted by Crippen LogP contribution is 2.22. The second kappa shape index (κ2) is 4.59. The van der Waals surface area contributed by atoms with Crippen LogP contribution in [0, 0.1) is 11.3 Å². The van der Waals surface area contributed by atoms with E-state index in [1.165, 1.54) is 12.6 Å². The summed E-state index contributed by atoms with van der Waals surface area (Å²) in [5.41, 5.74) is 0.368. The Labute approximate surface area is 95.9 Å². The monoisotopic (exact) mass is 235 g/mol. The van der Waals surface area contributed by atoms with Gasteiger partial charge in [0.15, 0.2) is 5.82 Å². The van der Waals surface area contributed by atoms with Crippen molar-refractivity contribution in [3.05, 3.63) is 35.1 Å². The molecule has 0 saturated heterocycles. The summed E-state index contributed by atoms with van der Waals surface area (Å²) in [6, 6.07) is 3.51. The number of hydrogen-bond acceptors (Lipinski definition) is 6. The maximum atomic E-state index is 8.77. The van der Waals surface area contributed by atoms with E-state index in [1.807, 2.05) is 6.07 Å². The van der Waals surface area contributed by atoms with Gasteiger partial charge in [0.2, 0.25) is 6.39 Å². The molecule has 7 heteroatoms. The summed E-state index contributed by atoms with van der Waals surface area (Å²) in [4.78, 5) is 7.83. The fourth-order valence-electron chi connectivity index (χ4n) is 1.09. The zero-order chi connectivity index (χ0) is 11.4. The normalized spacial score (nSPS) is 9.75. The van der Waals surface area contributed by atoms with Gasteiger partial charge in [0.05, 0.1) is 12.1 Å². The first-order chi connectivity index (χ1) is 7.81. The van der Waals surface area contributed by atoms with Crippen LogP contribution in [0.15, 0.2) is 23.2 Å². The third kappa shape index (κ3) is 2.10. The molecule has 6 nitrogen and oxygen atoms in total. The maximum Gasteiger partial charge on any atom is 0.213 e. The number of hydrogen-bond donors (Lipinski definition) is 1. The van der Waals surface area contributed by atoms with Crippen molar-refractivity contribution in [2.24, 2.45) is 0 Å². The minimum Gasteiger partial charge on any atom is -0.361 e. The molecule has 80 valence electrons. The second-order valence-electron chi connectivity index (χ2n) is 2.83. The Balaban J connectivity index is 2.13. The van der Waals surface area contributed by atoms with Crippen LogP contribution in [-0.2, 0) is 6.54 Å². The van der Waals surface area contributed by atoms with E-state index in [9.17, 15) is 0 Å². The predicted octanol–water partition coefficient (Wildman–Crippen LogP) is 1.60. The largest absolute Gasteiger partial charge is 0.361 e. The summed E-state index contributed by atoms with van der Waals surface area (Å²) in [7, 11) is 0. The van der Waals surface area contributed by atoms with Crippen LogP contribution in [0.4, 0.5) is 5.82 Å². The highest BCUT2D eigenvalue weighted by atomic mass is 35.5. The van der Waals surface area contributed by atoms with E-state index >= 15 is 0 Å². The lowest BCUT2D eigenvalue weighted by molar-refractivity contribution is 0.411. The van der Waals surface area contributed by atoms with Crippen molar-refractivity contribution in [2.75, 3.05) is 5.32 Å². The van der Waals surface area contributed by atoms with E-state index < -0.39 is 0 Å². The first-order valence-electron chi connectivity index (χ1n) is 4.35. The Morgan fingerprint density at radius 2 is 2.38 bits per heavy atom. The van der Waals surface area contributed by atoms with Gasteiger partial charge in [-0.25, -0.2) is 4.98 Å². The fraction of sp³-hybridized carbons (Fsp3) is 0.111. The summed E-state index contributed by atoms with van der Waals surface area (Å²) in [6.45, 7) is 0.331. The molecule has 2 heterocycles. The molecule has 0 saturated carbocycles. The lowest BCUT2D eigenvalue weighted by Gasteiger charge is -2.05. The van der Waals surface area contributed by atoms with Crippen LogP contribution in [0.3, 0.4) is 0 Å². The predicted molar refractivity (Wildman–Crippen MR) is 55.6 cm³/mol. The molecule has 0 aliphatic rings. The van der Waals surface area contributed by atoms with Crippen molar-refractivity contribution in [1.82, 2.24) is 15.1 Å². The molecule has 0 aliphatic heterocycles. The Hall–Kier alpha value is -2.13. The van der Waals surface area contributed by atoms with Crippen molar-refractivity contribution in [3.63, 3.8) is 0 Å². The molecule has 0 aliphatic carbocycles. The summed E-state index contributed by atoms with van der Waals surface area (Å²) >= 11 is 5.94. The van der Waals surface area contributed by atoms with E-state index in [0.717, 1.165) is 0 Å². The zero-order valence-electron chi connectivity index (χ0n) is 8.01. The van der Waals surface area contributed by atoms with Crippen LogP contribution >= 0.6 is 11.6 Å². The fourth-order valence-corrected chi connectivity index (χ4v) is 1.31. The average molecular weight is 236 g/mol. The Kier molecular flexibility index (Phi) is 2.98. The maximum absolute atomic E-state index is 8.77. The topological polar surface area (TPSA) is 87.6 Å². The van der Waals surface area contributed by atoms with Crippen LogP contribution in [0.2, 0.25) is 5.02 Å². The van der Waals surface area contributed by atoms with E-state index in [4.69, 9.17) is 16.9 Å². The molecule has 16 heavy (non-hydrogen) atoms. The number of anilines is 1. The van der Waals surface area contributed by atoms with E-state index in [1.54, 1.807) is 6.07 Å². The molecule has 0 unspecified atom stereocenters. The Morgan fingerprint density at radius 3 is 3.06 bits per heavy atom. The van der Waals surface area contributed by atoms with Gasteiger partial charge < -0.3 is 9.84 Å². The molecular weight excluding hydrogens is 230 g/mol. The summed E-state index contributed by atoms with van der Waals surface area (Å²) < 4.78 is 4.57. The molecule has 0 radical (unpaired) electrons. The van der Waals surface area contributed by atoms with Crippen LogP contribution in [0.25, 0.3) is 0 Å². The molecule has 1 N–H and O–H groups in total. The standard InChI is InChI=1S/C9H6ClN5O/c10-8-6(3-11)1-2-12-9(8)13-4-7-14-5-16-15-7/h1-2,5H,4H2,(H,12,13). The molecule has 2 rings (SSSR count). The van der Waals surface area contributed by atoms with Gasteiger partial charge in [-0.2, -0.15) is 10.2 Å². The first-order valence-corrected chi connectivity index (χ1v) is 4.73. The van der Waals surface area contributed by atoms with Gasteiger partial charge in [0.25, 0.3) is 0 Å². The van der Waals surface area contributed by atoms with Crippen LogP contribution < -0.4 is 5.32 Å². The summed E-state index contributed by atoms with van der Waals surface area (Å²) in [5, 5.41) is 15.6. The minimum atomic E-state index is 0.286. The Bertz CT molecular complexity index is 519. The number of rotatable bonds is 3. The SMILES string of the molecule is N#Cc1ccnc(NCc2ncon2)c1Cl. The summed E-state index contributed by atoms with van der Waals surface area (Å²) in [5.74, 6) is 0.908. The minimum absolute atomic E-state index is 0.286. The molecule has 0 fully saturated rings. The molecule has 2 aromatic heterocycles. The molecule has 2 aromatic rings. The second-order valence-corrected chi connectivity index (χ2v) is 3.21. The number of nitrogens with one attached hydrogen (secondary N) is 1. The van der Waals surface area contributed by atoms with Crippen molar-refractivity contribution >= 4 is 17.4 Å². The molecule has 0 spiro atoms. The molecule has 0 amide bonds. The average Bonchev–Trinajstić information content (AvgIpc) is 2.81. The smallest absolute Gasteiger partial charge is 0.213 e. The first kappa shape index (κ1) is 10.4. The number of halogens is 1. The van der Waals surface area contributed by atoms with Crippen molar-refractivity contribution in [3.8, 4) is 6.07 Å². The highest BCUT2D eigenvalue weighted by molar-refractivity contribution is 6.34. The van der Waals surface area contributed by atoms with Crippen LogP contribution in [-0.4, -0.2) is 15.1 Å². The number of pyridine rings is 1. The van der Waals surface area contributed by atoms with Gasteiger partial charge in [-0.05, 0) is 6.07 Å². The third-order valence-corrected chi connectivity index (χ3v) is 2.21. The molecule has 0 aromatic carbocycles. The van der Waals surface area contributed by atoms with Crippen molar-refractivity contribution in [1.29, 1.82) is 5.26 Å². The third-order valence-electron chi connectivity index (χ3n) is 1.83. The zero-order valence-corrected chi connectivity index (χ0v) is 8.77. The quantitative estimate of drug-likeness (QED) is 0.869. The van der Waals surface area contributed by atoms with Crippen LogP contribution in [0.5, 0.6) is 0 Å². The number of aromatic nitrogens is 3. The van der Waals surface area contributed by atoms with Gasteiger partial charge in [0.1, 0.15) is 16.9 Å².